The number of carbonyl (C=O) groups excluding carboxylic acids is 2. The van der Waals surface area contributed by atoms with E-state index in [0.29, 0.717) is 23.6 Å². The van der Waals surface area contributed by atoms with Gasteiger partial charge in [-0.15, -0.1) is 0 Å². The lowest BCUT2D eigenvalue weighted by Crippen LogP contribution is -2.16. The Balaban J connectivity index is 2.17. The van der Waals surface area contributed by atoms with Crippen molar-refractivity contribution in [1.82, 2.24) is 4.98 Å². The monoisotopic (exact) mass is 284 g/mol. The van der Waals surface area contributed by atoms with Gasteiger partial charge in [0.25, 0.3) is 5.91 Å². The maximum absolute atomic E-state index is 12.1. The van der Waals surface area contributed by atoms with Gasteiger partial charge in [0.05, 0.1) is 12.3 Å². The molecule has 1 heterocycles. The number of Topliss-reactive ketones (excluding diaryl/α,β-unsaturated/α-hetero) is 1. The number of anilines is 1. The smallest absolute Gasteiger partial charge is 0.274 e. The molecule has 0 aliphatic carbocycles. The fraction of sp³-hybridized carbons (Fsp3) is 0.188. The Kier molecular flexibility index (Phi) is 5.17. The predicted molar refractivity (Wildman–Crippen MR) is 79.5 cm³/mol. The average Bonchev–Trinajstić information content (AvgIpc) is 2.54. The molecule has 2 aromatic rings. The van der Waals surface area contributed by atoms with E-state index in [4.69, 9.17) is 4.74 Å². The normalized spacial score (nSPS) is 10.1. The summed E-state index contributed by atoms with van der Waals surface area (Å²) in [5.41, 5.74) is 1.25. The summed E-state index contributed by atoms with van der Waals surface area (Å²) in [7, 11) is 1.54. The SMILES string of the molecule is COCCC(=O)c1ccccc1NC(=O)c1ccccn1. The Bertz CT molecular complexity index is 626. The van der Waals surface area contributed by atoms with Crippen LogP contribution in [0.25, 0.3) is 0 Å². The number of hydrogen-bond acceptors (Lipinski definition) is 4. The molecule has 1 N–H and O–H groups in total. The van der Waals surface area contributed by atoms with Gasteiger partial charge in [0, 0.05) is 25.3 Å². The van der Waals surface area contributed by atoms with Gasteiger partial charge in [-0.3, -0.25) is 14.6 Å². The molecule has 108 valence electrons. The number of pyridine rings is 1. The van der Waals surface area contributed by atoms with Crippen molar-refractivity contribution < 1.29 is 14.3 Å². The maximum atomic E-state index is 12.1. The number of carbonyl (C=O) groups is 2. The molecule has 0 fully saturated rings. The third-order valence-corrected chi connectivity index (χ3v) is 2.91. The highest BCUT2D eigenvalue weighted by Gasteiger charge is 2.14. The van der Waals surface area contributed by atoms with Crippen molar-refractivity contribution in [1.29, 1.82) is 0 Å². The first kappa shape index (κ1) is 14.9. The number of rotatable bonds is 6. The van der Waals surface area contributed by atoms with Crippen LogP contribution in [0.2, 0.25) is 0 Å². The summed E-state index contributed by atoms with van der Waals surface area (Å²) in [6.45, 7) is 0.349. The van der Waals surface area contributed by atoms with Gasteiger partial charge in [0.2, 0.25) is 0 Å². The van der Waals surface area contributed by atoms with Crippen molar-refractivity contribution in [2.45, 2.75) is 6.42 Å². The van der Waals surface area contributed by atoms with Gasteiger partial charge in [-0.1, -0.05) is 18.2 Å². The van der Waals surface area contributed by atoms with Crippen LogP contribution in [0.5, 0.6) is 0 Å². The highest BCUT2D eigenvalue weighted by Crippen LogP contribution is 2.17. The molecular formula is C16H16N2O3. The van der Waals surface area contributed by atoms with Crippen molar-refractivity contribution in [2.24, 2.45) is 0 Å². The molecule has 5 heteroatoms. The maximum Gasteiger partial charge on any atom is 0.274 e. The zero-order valence-corrected chi connectivity index (χ0v) is 11.7. The molecule has 0 saturated heterocycles. The quantitative estimate of drug-likeness (QED) is 0.828. The molecule has 0 radical (unpaired) electrons. The van der Waals surface area contributed by atoms with Gasteiger partial charge < -0.3 is 10.1 Å². The zero-order valence-electron chi connectivity index (χ0n) is 11.7. The summed E-state index contributed by atoms with van der Waals surface area (Å²) < 4.78 is 4.91. The van der Waals surface area contributed by atoms with Crippen molar-refractivity contribution in [3.05, 3.63) is 59.9 Å². The lowest BCUT2D eigenvalue weighted by molar-refractivity contribution is 0.0933. The lowest BCUT2D eigenvalue weighted by Gasteiger charge is -2.10. The second kappa shape index (κ2) is 7.31. The molecule has 0 aliphatic rings. The first-order chi connectivity index (χ1) is 10.2. The number of ketones is 1. The van der Waals surface area contributed by atoms with Crippen LogP contribution in [0.3, 0.4) is 0 Å². The molecule has 1 amide bonds. The second-order valence-corrected chi connectivity index (χ2v) is 4.38. The van der Waals surface area contributed by atoms with Crippen molar-refractivity contribution in [3.63, 3.8) is 0 Å². The van der Waals surface area contributed by atoms with E-state index in [0.717, 1.165) is 0 Å². The van der Waals surface area contributed by atoms with Crippen LogP contribution in [0.4, 0.5) is 5.69 Å². The molecule has 0 saturated carbocycles. The Morgan fingerprint density at radius 2 is 1.90 bits per heavy atom. The number of methoxy groups -OCH3 is 1. The Hall–Kier alpha value is -2.53. The van der Waals surface area contributed by atoms with Crippen LogP contribution in [0.15, 0.2) is 48.7 Å². The number of amides is 1. The van der Waals surface area contributed by atoms with Crippen LogP contribution in [0, 0.1) is 0 Å². The van der Waals surface area contributed by atoms with E-state index < -0.39 is 0 Å². The Morgan fingerprint density at radius 1 is 1.14 bits per heavy atom. The van der Waals surface area contributed by atoms with Crippen molar-refractivity contribution in [3.8, 4) is 0 Å². The number of hydrogen-bond donors (Lipinski definition) is 1. The molecule has 21 heavy (non-hydrogen) atoms. The van der Waals surface area contributed by atoms with E-state index >= 15 is 0 Å². The standard InChI is InChI=1S/C16H16N2O3/c1-21-11-9-15(19)12-6-2-3-7-13(12)18-16(20)14-8-4-5-10-17-14/h2-8,10H,9,11H2,1H3,(H,18,20). The first-order valence-corrected chi connectivity index (χ1v) is 6.56. The first-order valence-electron chi connectivity index (χ1n) is 6.56. The largest absolute Gasteiger partial charge is 0.384 e. The van der Waals surface area contributed by atoms with Gasteiger partial charge in [-0.05, 0) is 24.3 Å². The molecule has 2 rings (SSSR count). The summed E-state index contributed by atoms with van der Waals surface area (Å²) in [6, 6.07) is 12.0. The summed E-state index contributed by atoms with van der Waals surface area (Å²) in [5.74, 6) is -0.420. The number of para-hydroxylation sites is 1. The molecule has 1 aromatic heterocycles. The van der Waals surface area contributed by atoms with E-state index in [2.05, 4.69) is 10.3 Å². The summed E-state index contributed by atoms with van der Waals surface area (Å²) >= 11 is 0. The molecule has 0 atom stereocenters. The number of nitrogens with one attached hydrogen (secondary N) is 1. The van der Waals surface area contributed by atoms with E-state index in [1.54, 1.807) is 55.8 Å². The van der Waals surface area contributed by atoms with Gasteiger partial charge in [-0.2, -0.15) is 0 Å². The second-order valence-electron chi connectivity index (χ2n) is 4.38. The van der Waals surface area contributed by atoms with E-state index in [-0.39, 0.29) is 18.1 Å². The zero-order chi connectivity index (χ0) is 15.1. The Labute approximate surface area is 123 Å². The van der Waals surface area contributed by atoms with Crippen LogP contribution in [0.1, 0.15) is 27.3 Å². The molecule has 0 spiro atoms. The van der Waals surface area contributed by atoms with Crippen LogP contribution >= 0.6 is 0 Å². The van der Waals surface area contributed by atoms with Crippen LogP contribution < -0.4 is 5.32 Å². The minimum absolute atomic E-state index is 0.0752. The van der Waals surface area contributed by atoms with E-state index in [1.807, 2.05) is 0 Å². The highest BCUT2D eigenvalue weighted by atomic mass is 16.5. The minimum Gasteiger partial charge on any atom is -0.384 e. The Morgan fingerprint density at radius 3 is 2.62 bits per heavy atom. The average molecular weight is 284 g/mol. The van der Waals surface area contributed by atoms with Gasteiger partial charge >= 0.3 is 0 Å². The van der Waals surface area contributed by atoms with Crippen molar-refractivity contribution in [2.75, 3.05) is 19.0 Å². The molecule has 0 unspecified atom stereocenters. The molecule has 5 nitrogen and oxygen atoms in total. The van der Waals surface area contributed by atoms with E-state index in [1.165, 1.54) is 0 Å². The number of benzene rings is 1. The third kappa shape index (κ3) is 3.97. The van der Waals surface area contributed by atoms with Crippen LogP contribution in [-0.2, 0) is 4.74 Å². The number of ether oxygens (including phenoxy) is 1. The van der Waals surface area contributed by atoms with Crippen LogP contribution in [-0.4, -0.2) is 30.4 Å². The molecule has 0 aliphatic heterocycles. The summed E-state index contributed by atoms with van der Waals surface area (Å²) in [4.78, 5) is 28.2. The number of nitrogens with zero attached hydrogens (tertiary/aromatic N) is 1. The topological polar surface area (TPSA) is 68.3 Å². The lowest BCUT2D eigenvalue weighted by atomic mass is 10.1. The predicted octanol–water partition coefficient (Wildman–Crippen LogP) is 2.55. The fourth-order valence-electron chi connectivity index (χ4n) is 1.85. The molecule has 0 bridgehead atoms. The van der Waals surface area contributed by atoms with Gasteiger partial charge in [-0.25, -0.2) is 0 Å². The van der Waals surface area contributed by atoms with Gasteiger partial charge in [0.1, 0.15) is 5.69 Å². The number of aromatic nitrogens is 1. The van der Waals surface area contributed by atoms with Crippen molar-refractivity contribution >= 4 is 17.4 Å². The fourth-order valence-corrected chi connectivity index (χ4v) is 1.85. The summed E-state index contributed by atoms with van der Waals surface area (Å²) in [6.07, 6.45) is 1.82. The van der Waals surface area contributed by atoms with Gasteiger partial charge in [0.15, 0.2) is 5.78 Å². The summed E-state index contributed by atoms with van der Waals surface area (Å²) in [5, 5.41) is 2.72. The highest BCUT2D eigenvalue weighted by molar-refractivity contribution is 6.08. The molecule has 1 aromatic carbocycles. The molecular weight excluding hydrogens is 268 g/mol. The minimum atomic E-state index is -0.345. The van der Waals surface area contributed by atoms with E-state index in [9.17, 15) is 9.59 Å². The third-order valence-electron chi connectivity index (χ3n) is 2.91.